The van der Waals surface area contributed by atoms with Gasteiger partial charge in [0, 0.05) is 37.8 Å². The summed E-state index contributed by atoms with van der Waals surface area (Å²) in [6.07, 6.45) is 3.06. The largest absolute Gasteiger partial charge is 0.389 e. The lowest BCUT2D eigenvalue weighted by molar-refractivity contribution is -0.119. The van der Waals surface area contributed by atoms with Crippen LogP contribution in [0.3, 0.4) is 0 Å². The minimum absolute atomic E-state index is 0.0287. The number of nitrogens with zero attached hydrogens (tertiary/aromatic N) is 2. The number of amides is 1. The zero-order valence-corrected chi connectivity index (χ0v) is 11.5. The molecule has 104 valence electrons. The average molecular weight is 263 g/mol. The van der Waals surface area contributed by atoms with Crippen molar-refractivity contribution in [3.63, 3.8) is 0 Å². The Balaban J connectivity index is 2.03. The van der Waals surface area contributed by atoms with Gasteiger partial charge in [0.1, 0.15) is 5.82 Å². The SMILES string of the molecule is CC(=O)NC1CCN(c2ncccc2[C@H](C)O)CC1. The van der Waals surface area contributed by atoms with Crippen LogP contribution in [0.2, 0.25) is 0 Å². The van der Waals surface area contributed by atoms with Crippen LogP contribution in [0.4, 0.5) is 5.82 Å². The number of pyridine rings is 1. The molecule has 1 aliphatic rings. The Morgan fingerprint density at radius 2 is 2.21 bits per heavy atom. The summed E-state index contributed by atoms with van der Waals surface area (Å²) in [6.45, 7) is 5.00. The van der Waals surface area contributed by atoms with Crippen molar-refractivity contribution in [3.8, 4) is 0 Å². The van der Waals surface area contributed by atoms with Gasteiger partial charge in [0.25, 0.3) is 0 Å². The molecule has 0 spiro atoms. The van der Waals surface area contributed by atoms with E-state index in [-0.39, 0.29) is 11.9 Å². The number of aliphatic hydroxyl groups is 1. The molecule has 19 heavy (non-hydrogen) atoms. The molecule has 1 fully saturated rings. The summed E-state index contributed by atoms with van der Waals surface area (Å²) in [5, 5.41) is 12.7. The van der Waals surface area contributed by atoms with Gasteiger partial charge in [-0.05, 0) is 25.8 Å². The first kappa shape index (κ1) is 13.8. The van der Waals surface area contributed by atoms with Gasteiger partial charge < -0.3 is 15.3 Å². The monoisotopic (exact) mass is 263 g/mol. The van der Waals surface area contributed by atoms with Crippen LogP contribution >= 0.6 is 0 Å². The number of aromatic nitrogens is 1. The third kappa shape index (κ3) is 3.44. The molecule has 0 radical (unpaired) electrons. The highest BCUT2D eigenvalue weighted by molar-refractivity contribution is 5.73. The first-order valence-electron chi connectivity index (χ1n) is 6.73. The molecule has 0 bridgehead atoms. The third-order valence-electron chi connectivity index (χ3n) is 3.47. The molecular formula is C14H21N3O2. The molecule has 1 aromatic heterocycles. The molecule has 2 rings (SSSR count). The van der Waals surface area contributed by atoms with E-state index < -0.39 is 6.10 Å². The maximum atomic E-state index is 11.0. The molecule has 2 N–H and O–H groups in total. The molecule has 0 saturated carbocycles. The van der Waals surface area contributed by atoms with Crippen molar-refractivity contribution in [2.75, 3.05) is 18.0 Å². The van der Waals surface area contributed by atoms with Gasteiger partial charge in [-0.3, -0.25) is 4.79 Å². The van der Waals surface area contributed by atoms with E-state index in [0.29, 0.717) is 0 Å². The van der Waals surface area contributed by atoms with Crippen LogP contribution in [-0.2, 0) is 4.79 Å². The number of anilines is 1. The minimum atomic E-state index is -0.517. The van der Waals surface area contributed by atoms with Crippen molar-refractivity contribution < 1.29 is 9.90 Å². The van der Waals surface area contributed by atoms with Gasteiger partial charge in [-0.25, -0.2) is 4.98 Å². The molecule has 5 nitrogen and oxygen atoms in total. The molecule has 1 atom stereocenters. The van der Waals surface area contributed by atoms with Crippen LogP contribution in [0, 0.1) is 0 Å². The molecule has 0 aliphatic carbocycles. The Hall–Kier alpha value is -1.62. The minimum Gasteiger partial charge on any atom is -0.389 e. The Labute approximate surface area is 113 Å². The molecule has 1 saturated heterocycles. The molecular weight excluding hydrogens is 242 g/mol. The van der Waals surface area contributed by atoms with Crippen LogP contribution in [0.1, 0.15) is 38.4 Å². The fourth-order valence-corrected chi connectivity index (χ4v) is 2.52. The Morgan fingerprint density at radius 1 is 1.53 bits per heavy atom. The topological polar surface area (TPSA) is 65.5 Å². The van der Waals surface area contributed by atoms with E-state index in [2.05, 4.69) is 15.2 Å². The second-order valence-electron chi connectivity index (χ2n) is 5.05. The first-order valence-corrected chi connectivity index (χ1v) is 6.73. The molecule has 0 aromatic carbocycles. The lowest BCUT2D eigenvalue weighted by atomic mass is 10.0. The number of aliphatic hydroxyl groups excluding tert-OH is 1. The van der Waals surface area contributed by atoms with E-state index in [0.717, 1.165) is 37.3 Å². The molecule has 1 amide bonds. The smallest absolute Gasteiger partial charge is 0.217 e. The van der Waals surface area contributed by atoms with Gasteiger partial charge in [0.2, 0.25) is 5.91 Å². The van der Waals surface area contributed by atoms with Crippen molar-refractivity contribution in [2.45, 2.75) is 38.8 Å². The van der Waals surface area contributed by atoms with E-state index in [1.165, 1.54) is 0 Å². The van der Waals surface area contributed by atoms with Crippen molar-refractivity contribution in [3.05, 3.63) is 23.9 Å². The lowest BCUT2D eigenvalue weighted by Crippen LogP contribution is -2.44. The quantitative estimate of drug-likeness (QED) is 0.861. The van der Waals surface area contributed by atoms with Gasteiger partial charge >= 0.3 is 0 Å². The van der Waals surface area contributed by atoms with E-state index in [9.17, 15) is 9.90 Å². The standard InChI is InChI=1S/C14H21N3O2/c1-10(18)13-4-3-7-15-14(13)17-8-5-12(6-9-17)16-11(2)19/h3-4,7,10,12,18H,5-6,8-9H2,1-2H3,(H,16,19)/t10-/m0/s1. The molecule has 1 aliphatic heterocycles. The number of piperidine rings is 1. The molecule has 5 heteroatoms. The van der Waals surface area contributed by atoms with Gasteiger partial charge in [-0.15, -0.1) is 0 Å². The summed E-state index contributed by atoms with van der Waals surface area (Å²) in [7, 11) is 0. The predicted molar refractivity (Wildman–Crippen MR) is 73.9 cm³/mol. The number of carbonyl (C=O) groups is 1. The number of rotatable bonds is 3. The van der Waals surface area contributed by atoms with Crippen LogP contribution in [0.25, 0.3) is 0 Å². The maximum Gasteiger partial charge on any atom is 0.217 e. The zero-order valence-electron chi connectivity index (χ0n) is 11.5. The van der Waals surface area contributed by atoms with E-state index in [1.54, 1.807) is 20.0 Å². The van der Waals surface area contributed by atoms with Crippen LogP contribution in [0.15, 0.2) is 18.3 Å². The highest BCUT2D eigenvalue weighted by Crippen LogP contribution is 2.26. The van der Waals surface area contributed by atoms with Crippen LogP contribution < -0.4 is 10.2 Å². The fourth-order valence-electron chi connectivity index (χ4n) is 2.52. The summed E-state index contributed by atoms with van der Waals surface area (Å²) in [5.41, 5.74) is 0.862. The lowest BCUT2D eigenvalue weighted by Gasteiger charge is -2.34. The fraction of sp³-hybridized carbons (Fsp3) is 0.571. The number of hydrogen-bond donors (Lipinski definition) is 2. The van der Waals surface area contributed by atoms with Crippen LogP contribution in [-0.4, -0.2) is 35.1 Å². The number of carbonyl (C=O) groups excluding carboxylic acids is 1. The summed E-state index contributed by atoms with van der Waals surface area (Å²) in [6, 6.07) is 4.01. The number of hydrogen-bond acceptors (Lipinski definition) is 4. The Kier molecular flexibility index (Phi) is 4.37. The highest BCUT2D eigenvalue weighted by atomic mass is 16.3. The Bertz CT molecular complexity index is 440. The van der Waals surface area contributed by atoms with Crippen LogP contribution in [0.5, 0.6) is 0 Å². The highest BCUT2D eigenvalue weighted by Gasteiger charge is 2.23. The summed E-state index contributed by atoms with van der Waals surface area (Å²) >= 11 is 0. The second-order valence-corrected chi connectivity index (χ2v) is 5.05. The van der Waals surface area contributed by atoms with Gasteiger partial charge in [-0.1, -0.05) is 6.07 Å². The van der Waals surface area contributed by atoms with Crippen molar-refractivity contribution in [2.24, 2.45) is 0 Å². The molecule has 1 aromatic rings. The second kappa shape index (κ2) is 6.02. The van der Waals surface area contributed by atoms with Crippen molar-refractivity contribution in [1.29, 1.82) is 0 Å². The summed E-state index contributed by atoms with van der Waals surface area (Å²) < 4.78 is 0. The molecule has 2 heterocycles. The van der Waals surface area contributed by atoms with Gasteiger partial charge in [0.15, 0.2) is 0 Å². The van der Waals surface area contributed by atoms with Gasteiger partial charge in [-0.2, -0.15) is 0 Å². The normalized spacial score (nSPS) is 18.2. The summed E-state index contributed by atoms with van der Waals surface area (Å²) in [5.74, 6) is 0.889. The Morgan fingerprint density at radius 3 is 2.79 bits per heavy atom. The van der Waals surface area contributed by atoms with Crippen molar-refractivity contribution in [1.82, 2.24) is 10.3 Å². The maximum absolute atomic E-state index is 11.0. The molecule has 0 unspecified atom stereocenters. The zero-order chi connectivity index (χ0) is 13.8. The average Bonchev–Trinajstić information content (AvgIpc) is 2.39. The van der Waals surface area contributed by atoms with E-state index >= 15 is 0 Å². The predicted octanol–water partition coefficient (Wildman–Crippen LogP) is 1.24. The first-order chi connectivity index (χ1) is 9.08. The van der Waals surface area contributed by atoms with E-state index in [4.69, 9.17) is 0 Å². The van der Waals surface area contributed by atoms with Crippen molar-refractivity contribution >= 4 is 11.7 Å². The van der Waals surface area contributed by atoms with E-state index in [1.807, 2.05) is 12.1 Å². The van der Waals surface area contributed by atoms with Gasteiger partial charge in [0.05, 0.1) is 6.10 Å². The third-order valence-corrected chi connectivity index (χ3v) is 3.47. The summed E-state index contributed by atoms with van der Waals surface area (Å²) in [4.78, 5) is 17.6. The number of nitrogens with one attached hydrogen (secondary N) is 1.